The minimum atomic E-state index is -0.136. The molecule has 90 valence electrons. The van der Waals surface area contributed by atoms with E-state index in [1.54, 1.807) is 12.5 Å². The van der Waals surface area contributed by atoms with E-state index in [4.69, 9.17) is 0 Å². The number of nitrogens with zero attached hydrogens (tertiary/aromatic N) is 3. The van der Waals surface area contributed by atoms with Gasteiger partial charge in [0, 0.05) is 23.8 Å². The molecule has 1 aliphatic rings. The first-order valence-corrected chi connectivity index (χ1v) is 5.64. The van der Waals surface area contributed by atoms with Crippen LogP contribution in [0.5, 0.6) is 0 Å². The number of benzene rings is 1. The van der Waals surface area contributed by atoms with Gasteiger partial charge < -0.3 is 9.47 Å². The molecule has 1 aromatic heterocycles. The molecule has 0 aliphatic carbocycles. The third-order valence-electron chi connectivity index (χ3n) is 2.93. The lowest BCUT2D eigenvalue weighted by Crippen LogP contribution is -2.24. The smallest absolute Gasteiger partial charge is 0.234 e. The molecule has 0 radical (unpaired) electrons. The normalized spacial score (nSPS) is 15.4. The Morgan fingerprint density at radius 2 is 2.00 bits per heavy atom. The van der Waals surface area contributed by atoms with E-state index >= 15 is 0 Å². The number of imidazole rings is 1. The molecule has 2 heterocycles. The fourth-order valence-electron chi connectivity index (χ4n) is 2.05. The minimum Gasteiger partial charge on any atom is -0.306 e. The van der Waals surface area contributed by atoms with Crippen LogP contribution in [0.15, 0.2) is 43.0 Å². The zero-order chi connectivity index (χ0) is 12.5. The summed E-state index contributed by atoms with van der Waals surface area (Å²) in [5.41, 5.74) is 1.66. The van der Waals surface area contributed by atoms with Crippen LogP contribution in [-0.4, -0.2) is 27.8 Å². The van der Waals surface area contributed by atoms with Gasteiger partial charge in [-0.25, -0.2) is 4.98 Å². The van der Waals surface area contributed by atoms with Gasteiger partial charge in [-0.15, -0.1) is 0 Å². The summed E-state index contributed by atoms with van der Waals surface area (Å²) in [6.45, 7) is 0.173. The minimum absolute atomic E-state index is 0.00923. The molecule has 1 saturated heterocycles. The second kappa shape index (κ2) is 4.10. The van der Waals surface area contributed by atoms with E-state index < -0.39 is 0 Å². The lowest BCUT2D eigenvalue weighted by Gasteiger charge is -2.15. The molecule has 0 bridgehead atoms. The highest BCUT2D eigenvalue weighted by Crippen LogP contribution is 2.22. The van der Waals surface area contributed by atoms with E-state index in [1.807, 2.05) is 35.0 Å². The van der Waals surface area contributed by atoms with E-state index in [1.165, 1.54) is 4.90 Å². The molecular formula is C13H11N3O2. The largest absolute Gasteiger partial charge is 0.306 e. The van der Waals surface area contributed by atoms with Crippen molar-refractivity contribution in [2.24, 2.45) is 0 Å². The van der Waals surface area contributed by atoms with Crippen LogP contribution in [0.4, 0.5) is 5.69 Å². The summed E-state index contributed by atoms with van der Waals surface area (Å²) in [6.07, 6.45) is 5.22. The van der Waals surface area contributed by atoms with Gasteiger partial charge in [-0.3, -0.25) is 9.59 Å². The molecule has 3 rings (SSSR count). The zero-order valence-corrected chi connectivity index (χ0v) is 9.61. The fraction of sp³-hybridized carbons (Fsp3) is 0.154. The second-order valence-corrected chi connectivity index (χ2v) is 4.19. The van der Waals surface area contributed by atoms with Crippen molar-refractivity contribution in [3.8, 4) is 5.69 Å². The summed E-state index contributed by atoms with van der Waals surface area (Å²) < 4.78 is 1.85. The van der Waals surface area contributed by atoms with Gasteiger partial charge in [-0.05, 0) is 18.2 Å². The van der Waals surface area contributed by atoms with Crippen molar-refractivity contribution in [1.29, 1.82) is 0 Å². The second-order valence-electron chi connectivity index (χ2n) is 4.19. The van der Waals surface area contributed by atoms with Crippen LogP contribution in [0.3, 0.4) is 0 Å². The Morgan fingerprint density at radius 3 is 2.67 bits per heavy atom. The molecule has 1 aliphatic heterocycles. The fourth-order valence-corrected chi connectivity index (χ4v) is 2.05. The Hall–Kier alpha value is -2.43. The average molecular weight is 241 g/mol. The van der Waals surface area contributed by atoms with Gasteiger partial charge in [-0.2, -0.15) is 0 Å². The molecule has 0 atom stereocenters. The van der Waals surface area contributed by atoms with Crippen LogP contribution in [0.1, 0.15) is 6.42 Å². The molecule has 5 nitrogen and oxygen atoms in total. The highest BCUT2D eigenvalue weighted by atomic mass is 16.2. The number of carbonyl (C=O) groups is 2. The summed E-state index contributed by atoms with van der Waals surface area (Å²) in [5.74, 6) is -0.171. The Labute approximate surface area is 104 Å². The van der Waals surface area contributed by atoms with E-state index in [-0.39, 0.29) is 24.7 Å². The van der Waals surface area contributed by atoms with Gasteiger partial charge in [0.15, 0.2) is 5.78 Å². The molecule has 0 N–H and O–H groups in total. The van der Waals surface area contributed by atoms with Crippen molar-refractivity contribution in [3.05, 3.63) is 43.0 Å². The monoisotopic (exact) mass is 241 g/mol. The quantitative estimate of drug-likeness (QED) is 0.742. The standard InChI is InChI=1S/C13H11N3O2/c17-12-7-13(18)16(8-12)11-3-1-2-10(6-11)15-5-4-14-9-15/h1-6,9H,7-8H2. The lowest BCUT2D eigenvalue weighted by atomic mass is 10.2. The van der Waals surface area contributed by atoms with Crippen LogP contribution < -0.4 is 4.90 Å². The van der Waals surface area contributed by atoms with Crippen molar-refractivity contribution in [3.63, 3.8) is 0 Å². The van der Waals surface area contributed by atoms with E-state index in [2.05, 4.69) is 4.98 Å². The Morgan fingerprint density at radius 1 is 1.17 bits per heavy atom. The highest BCUT2D eigenvalue weighted by molar-refractivity contribution is 6.15. The number of anilines is 1. The number of Topliss-reactive ketones (excluding diaryl/α,β-unsaturated/α-hetero) is 1. The molecule has 18 heavy (non-hydrogen) atoms. The van der Waals surface area contributed by atoms with Gasteiger partial charge >= 0.3 is 0 Å². The average Bonchev–Trinajstić information content (AvgIpc) is 2.99. The first kappa shape index (κ1) is 10.7. The first-order valence-electron chi connectivity index (χ1n) is 5.64. The zero-order valence-electron chi connectivity index (χ0n) is 9.61. The maximum Gasteiger partial charge on any atom is 0.234 e. The molecule has 1 amide bonds. The van der Waals surface area contributed by atoms with Crippen molar-refractivity contribution in [1.82, 2.24) is 9.55 Å². The lowest BCUT2D eigenvalue weighted by molar-refractivity contribution is -0.121. The van der Waals surface area contributed by atoms with Gasteiger partial charge in [0.25, 0.3) is 0 Å². The van der Waals surface area contributed by atoms with Crippen LogP contribution in [0, 0.1) is 0 Å². The third-order valence-corrected chi connectivity index (χ3v) is 2.93. The maximum atomic E-state index is 11.7. The Kier molecular flexibility index (Phi) is 2.44. The van der Waals surface area contributed by atoms with E-state index in [0.29, 0.717) is 0 Å². The first-order chi connectivity index (χ1) is 8.74. The van der Waals surface area contributed by atoms with E-state index in [9.17, 15) is 9.59 Å². The predicted molar refractivity (Wildman–Crippen MR) is 65.5 cm³/mol. The summed E-state index contributed by atoms with van der Waals surface area (Å²) in [6, 6.07) is 7.49. The molecule has 0 spiro atoms. The number of hydrogen-bond acceptors (Lipinski definition) is 3. The topological polar surface area (TPSA) is 55.2 Å². The summed E-state index contributed by atoms with van der Waals surface area (Å²) in [4.78, 5) is 28.4. The molecular weight excluding hydrogens is 230 g/mol. The third kappa shape index (κ3) is 1.79. The van der Waals surface area contributed by atoms with Crippen molar-refractivity contribution < 1.29 is 9.59 Å². The van der Waals surface area contributed by atoms with Gasteiger partial charge in [-0.1, -0.05) is 6.07 Å². The SMILES string of the molecule is O=C1CC(=O)N(c2cccc(-n3ccnc3)c2)C1. The molecule has 2 aromatic rings. The highest BCUT2D eigenvalue weighted by Gasteiger charge is 2.28. The van der Waals surface area contributed by atoms with Crippen LogP contribution >= 0.6 is 0 Å². The van der Waals surface area contributed by atoms with E-state index in [0.717, 1.165) is 11.4 Å². The van der Waals surface area contributed by atoms with Gasteiger partial charge in [0.1, 0.15) is 0 Å². The number of hydrogen-bond donors (Lipinski definition) is 0. The number of aromatic nitrogens is 2. The van der Waals surface area contributed by atoms with Crippen LogP contribution in [-0.2, 0) is 9.59 Å². The Bertz CT molecular complexity index is 604. The number of rotatable bonds is 2. The maximum absolute atomic E-state index is 11.7. The van der Waals surface area contributed by atoms with Crippen molar-refractivity contribution >= 4 is 17.4 Å². The molecule has 0 saturated carbocycles. The number of amides is 1. The van der Waals surface area contributed by atoms with Gasteiger partial charge in [0.05, 0.1) is 19.3 Å². The Balaban J connectivity index is 1.97. The summed E-state index contributed by atoms with van der Waals surface area (Å²) in [5, 5.41) is 0. The molecule has 1 fully saturated rings. The summed E-state index contributed by atoms with van der Waals surface area (Å²) >= 11 is 0. The summed E-state index contributed by atoms with van der Waals surface area (Å²) in [7, 11) is 0. The number of carbonyl (C=O) groups excluding carboxylic acids is 2. The predicted octanol–water partition coefficient (Wildman–Crippen LogP) is 1.18. The van der Waals surface area contributed by atoms with Crippen molar-refractivity contribution in [2.75, 3.05) is 11.4 Å². The van der Waals surface area contributed by atoms with Crippen LogP contribution in [0.2, 0.25) is 0 Å². The van der Waals surface area contributed by atoms with Crippen LogP contribution in [0.25, 0.3) is 5.69 Å². The number of ketones is 1. The molecule has 1 aromatic carbocycles. The van der Waals surface area contributed by atoms with Gasteiger partial charge in [0.2, 0.25) is 5.91 Å². The van der Waals surface area contributed by atoms with Crippen molar-refractivity contribution in [2.45, 2.75) is 6.42 Å². The molecule has 0 unspecified atom stereocenters. The molecule has 5 heteroatoms.